The first-order valence-corrected chi connectivity index (χ1v) is 11.1. The van der Waals surface area contributed by atoms with Gasteiger partial charge in [-0.15, -0.1) is 0 Å². The molecule has 0 amide bonds. The lowest BCUT2D eigenvalue weighted by atomic mass is 10.3. The van der Waals surface area contributed by atoms with E-state index in [2.05, 4.69) is 27.3 Å². The summed E-state index contributed by atoms with van der Waals surface area (Å²) in [5.74, 6) is 0.643. The molecular formula is C19H16INO3S2. The molecule has 26 heavy (non-hydrogen) atoms. The average Bonchev–Trinajstić information content (AvgIpc) is 2.64. The van der Waals surface area contributed by atoms with Gasteiger partial charge in [0.15, 0.2) is 0 Å². The van der Waals surface area contributed by atoms with Gasteiger partial charge in [0, 0.05) is 9.79 Å². The first-order valence-electron chi connectivity index (χ1n) is 7.68. The van der Waals surface area contributed by atoms with Gasteiger partial charge in [-0.3, -0.25) is 4.72 Å². The molecule has 0 aliphatic heterocycles. The molecule has 0 bridgehead atoms. The van der Waals surface area contributed by atoms with E-state index in [1.54, 1.807) is 25.3 Å². The molecule has 3 rings (SSSR count). The smallest absolute Gasteiger partial charge is 0.261 e. The lowest BCUT2D eigenvalue weighted by molar-refractivity contribution is 0.411. The van der Waals surface area contributed by atoms with Crippen molar-refractivity contribution in [2.45, 2.75) is 14.7 Å². The van der Waals surface area contributed by atoms with E-state index in [4.69, 9.17) is 4.74 Å². The van der Waals surface area contributed by atoms with Crippen molar-refractivity contribution in [2.24, 2.45) is 0 Å². The second-order valence-corrected chi connectivity index (χ2v) is 9.27. The lowest BCUT2D eigenvalue weighted by Gasteiger charge is -2.13. The van der Waals surface area contributed by atoms with Crippen LogP contribution in [0.4, 0.5) is 5.69 Å². The van der Waals surface area contributed by atoms with Crippen LogP contribution in [-0.4, -0.2) is 15.5 Å². The second kappa shape index (κ2) is 8.32. The SMILES string of the molecule is COc1ccc(S(=O)(=O)Nc2ccccc2Sc2ccccc2)cc1I. The molecule has 0 aliphatic carbocycles. The van der Waals surface area contributed by atoms with E-state index in [0.29, 0.717) is 11.4 Å². The molecule has 1 N–H and O–H groups in total. The molecule has 0 spiro atoms. The highest BCUT2D eigenvalue weighted by Gasteiger charge is 2.18. The minimum Gasteiger partial charge on any atom is -0.496 e. The summed E-state index contributed by atoms with van der Waals surface area (Å²) in [6.07, 6.45) is 0. The molecule has 7 heteroatoms. The van der Waals surface area contributed by atoms with Gasteiger partial charge in [-0.2, -0.15) is 0 Å². The van der Waals surface area contributed by atoms with Crippen molar-refractivity contribution in [3.63, 3.8) is 0 Å². The number of hydrogen-bond acceptors (Lipinski definition) is 4. The number of nitrogens with one attached hydrogen (secondary N) is 1. The van der Waals surface area contributed by atoms with Crippen molar-refractivity contribution in [1.29, 1.82) is 0 Å². The maximum absolute atomic E-state index is 12.8. The van der Waals surface area contributed by atoms with Crippen LogP contribution in [0.2, 0.25) is 0 Å². The number of sulfonamides is 1. The fourth-order valence-electron chi connectivity index (χ4n) is 2.27. The Labute approximate surface area is 171 Å². The van der Waals surface area contributed by atoms with Crippen LogP contribution >= 0.6 is 34.4 Å². The molecule has 3 aromatic carbocycles. The number of para-hydroxylation sites is 1. The van der Waals surface area contributed by atoms with Gasteiger partial charge in [0.2, 0.25) is 0 Å². The number of methoxy groups -OCH3 is 1. The van der Waals surface area contributed by atoms with Gasteiger partial charge in [0.1, 0.15) is 5.75 Å². The summed E-state index contributed by atoms with van der Waals surface area (Å²) in [5, 5.41) is 0. The Bertz CT molecular complexity index is 1010. The van der Waals surface area contributed by atoms with Gasteiger partial charge < -0.3 is 4.74 Å². The first-order chi connectivity index (χ1) is 12.5. The fraction of sp³-hybridized carbons (Fsp3) is 0.0526. The van der Waals surface area contributed by atoms with E-state index in [1.165, 1.54) is 17.8 Å². The third kappa shape index (κ3) is 4.52. The van der Waals surface area contributed by atoms with Gasteiger partial charge in [0.25, 0.3) is 10.0 Å². The highest BCUT2D eigenvalue weighted by Crippen LogP contribution is 2.34. The quantitative estimate of drug-likeness (QED) is 0.473. The predicted molar refractivity (Wildman–Crippen MR) is 114 cm³/mol. The van der Waals surface area contributed by atoms with Crippen LogP contribution in [0.15, 0.2) is 87.5 Å². The molecule has 0 saturated heterocycles. The van der Waals surface area contributed by atoms with Crippen molar-refractivity contribution in [3.05, 3.63) is 76.4 Å². The maximum Gasteiger partial charge on any atom is 0.261 e. The molecule has 3 aromatic rings. The predicted octanol–water partition coefficient (Wildman–Crippen LogP) is 5.25. The zero-order chi connectivity index (χ0) is 18.6. The van der Waals surface area contributed by atoms with Crippen LogP contribution in [0, 0.1) is 3.57 Å². The summed E-state index contributed by atoms with van der Waals surface area (Å²) in [5.41, 5.74) is 0.548. The summed E-state index contributed by atoms with van der Waals surface area (Å²) >= 11 is 3.57. The minimum atomic E-state index is -3.70. The number of benzene rings is 3. The Morgan fingerprint density at radius 3 is 2.35 bits per heavy atom. The third-order valence-electron chi connectivity index (χ3n) is 3.54. The van der Waals surface area contributed by atoms with E-state index in [0.717, 1.165) is 13.4 Å². The first kappa shape index (κ1) is 19.1. The molecule has 0 aliphatic rings. The minimum absolute atomic E-state index is 0.196. The highest BCUT2D eigenvalue weighted by molar-refractivity contribution is 14.1. The number of hydrogen-bond donors (Lipinski definition) is 1. The van der Waals surface area contributed by atoms with Crippen LogP contribution in [0.1, 0.15) is 0 Å². The van der Waals surface area contributed by atoms with Crippen LogP contribution in [-0.2, 0) is 10.0 Å². The topological polar surface area (TPSA) is 55.4 Å². The van der Waals surface area contributed by atoms with Crippen LogP contribution in [0.5, 0.6) is 5.75 Å². The molecule has 0 unspecified atom stereocenters. The van der Waals surface area contributed by atoms with Gasteiger partial charge in [-0.25, -0.2) is 8.42 Å². The summed E-state index contributed by atoms with van der Waals surface area (Å²) in [7, 11) is -2.14. The summed E-state index contributed by atoms with van der Waals surface area (Å²) in [6.45, 7) is 0. The van der Waals surface area contributed by atoms with Gasteiger partial charge in [0.05, 0.1) is 21.3 Å². The monoisotopic (exact) mass is 497 g/mol. The maximum atomic E-state index is 12.8. The average molecular weight is 497 g/mol. The Kier molecular flexibility index (Phi) is 6.10. The van der Waals surface area contributed by atoms with Gasteiger partial charge in [-0.1, -0.05) is 42.1 Å². The molecule has 0 aromatic heterocycles. The largest absolute Gasteiger partial charge is 0.496 e. The summed E-state index contributed by atoms with van der Waals surface area (Å²) in [6, 6.07) is 22.0. The van der Waals surface area contributed by atoms with Crippen LogP contribution < -0.4 is 9.46 Å². The van der Waals surface area contributed by atoms with Crippen LogP contribution in [0.3, 0.4) is 0 Å². The normalized spacial score (nSPS) is 11.2. The van der Waals surface area contributed by atoms with Crippen molar-refractivity contribution >= 4 is 50.1 Å². The van der Waals surface area contributed by atoms with Gasteiger partial charge in [-0.05, 0) is 65.1 Å². The summed E-state index contributed by atoms with van der Waals surface area (Å²) in [4.78, 5) is 2.07. The van der Waals surface area contributed by atoms with E-state index >= 15 is 0 Å². The molecule has 0 fully saturated rings. The Hall–Kier alpha value is -1.71. The van der Waals surface area contributed by atoms with E-state index in [9.17, 15) is 8.42 Å². The highest BCUT2D eigenvalue weighted by atomic mass is 127. The van der Waals surface area contributed by atoms with E-state index in [1.807, 2.05) is 48.5 Å². The van der Waals surface area contributed by atoms with Gasteiger partial charge >= 0.3 is 0 Å². The molecule has 0 radical (unpaired) electrons. The van der Waals surface area contributed by atoms with Crippen molar-refractivity contribution in [2.75, 3.05) is 11.8 Å². The second-order valence-electron chi connectivity index (χ2n) is 5.31. The number of anilines is 1. The Morgan fingerprint density at radius 2 is 1.65 bits per heavy atom. The summed E-state index contributed by atoms with van der Waals surface area (Å²) < 4.78 is 34.2. The number of rotatable bonds is 6. The van der Waals surface area contributed by atoms with E-state index in [-0.39, 0.29) is 4.90 Å². The fourth-order valence-corrected chi connectivity index (χ4v) is 5.31. The Morgan fingerprint density at radius 1 is 0.962 bits per heavy atom. The Balaban J connectivity index is 1.89. The van der Waals surface area contributed by atoms with Crippen LogP contribution in [0.25, 0.3) is 0 Å². The lowest BCUT2D eigenvalue weighted by Crippen LogP contribution is -2.13. The third-order valence-corrected chi connectivity index (χ3v) is 6.83. The molecular weight excluding hydrogens is 481 g/mol. The molecule has 4 nitrogen and oxygen atoms in total. The number of ether oxygens (including phenoxy) is 1. The molecule has 0 atom stereocenters. The molecule has 0 heterocycles. The molecule has 0 saturated carbocycles. The standard InChI is InChI=1S/C19H16INO3S2/c1-24-18-12-11-15(13-16(18)20)26(22,23)21-17-9-5-6-10-19(17)25-14-7-3-2-4-8-14/h2-13,21H,1H3. The number of halogens is 1. The van der Waals surface area contributed by atoms with Crippen molar-refractivity contribution in [1.82, 2.24) is 0 Å². The van der Waals surface area contributed by atoms with E-state index < -0.39 is 10.0 Å². The zero-order valence-electron chi connectivity index (χ0n) is 13.8. The zero-order valence-corrected chi connectivity index (χ0v) is 17.6. The van der Waals surface area contributed by atoms with Crippen molar-refractivity contribution in [3.8, 4) is 5.75 Å². The molecule has 134 valence electrons. The van der Waals surface area contributed by atoms with Crippen molar-refractivity contribution < 1.29 is 13.2 Å².